The summed E-state index contributed by atoms with van der Waals surface area (Å²) in [6.45, 7) is 3.64. The molecule has 0 amide bonds. The minimum Gasteiger partial charge on any atom is -0.492 e. The van der Waals surface area contributed by atoms with Crippen molar-refractivity contribution in [3.05, 3.63) is 70.5 Å². The summed E-state index contributed by atoms with van der Waals surface area (Å²) in [6, 6.07) is 11.6. The summed E-state index contributed by atoms with van der Waals surface area (Å²) in [6.07, 6.45) is 1.09. The molecule has 0 atom stereocenters. The number of allylic oxidation sites excluding steroid dienone is 1. The Hall–Kier alpha value is -2.95. The fourth-order valence-corrected chi connectivity index (χ4v) is 2.47. The van der Waals surface area contributed by atoms with Crippen molar-refractivity contribution in [3.63, 3.8) is 0 Å². The number of aryl methyl sites for hydroxylation is 2. The number of hydrogen-bond donors (Lipinski definition) is 1. The zero-order valence-corrected chi connectivity index (χ0v) is 14.1. The molecule has 5 heteroatoms. The van der Waals surface area contributed by atoms with Crippen molar-refractivity contribution in [1.29, 1.82) is 0 Å². The number of carboxylic acids is 1. The van der Waals surface area contributed by atoms with E-state index in [-0.39, 0.29) is 13.0 Å². The lowest BCUT2D eigenvalue weighted by molar-refractivity contribution is -0.137. The first-order valence-corrected chi connectivity index (χ1v) is 7.81. The Morgan fingerprint density at radius 1 is 1.12 bits per heavy atom. The standard InChI is InChI=1S/C20H19FO4/c1-13-10-15(11-14(2)20(13)25-9-8-18(22)23)12-17(21)19(24)16-6-4-3-5-7-16/h3-7,10-12H,8-9H2,1-2H3,(H,22,23)/b17-12-. The molecule has 0 saturated heterocycles. The molecule has 0 heterocycles. The fourth-order valence-electron chi connectivity index (χ4n) is 2.47. The van der Waals surface area contributed by atoms with Crippen LogP contribution < -0.4 is 4.74 Å². The topological polar surface area (TPSA) is 63.6 Å². The van der Waals surface area contributed by atoms with Gasteiger partial charge in [-0.1, -0.05) is 30.3 Å². The van der Waals surface area contributed by atoms with Crippen molar-refractivity contribution in [1.82, 2.24) is 0 Å². The average molecular weight is 342 g/mol. The lowest BCUT2D eigenvalue weighted by atomic mass is 10.0. The first-order valence-electron chi connectivity index (χ1n) is 7.81. The molecular formula is C20H19FO4. The van der Waals surface area contributed by atoms with Gasteiger partial charge in [-0.2, -0.15) is 0 Å². The van der Waals surface area contributed by atoms with Crippen LogP contribution in [0.25, 0.3) is 6.08 Å². The lowest BCUT2D eigenvalue weighted by Crippen LogP contribution is -2.06. The molecule has 1 N–H and O–H groups in total. The summed E-state index contributed by atoms with van der Waals surface area (Å²) in [4.78, 5) is 22.6. The van der Waals surface area contributed by atoms with Crippen LogP contribution in [0.2, 0.25) is 0 Å². The van der Waals surface area contributed by atoms with Crippen molar-refractivity contribution >= 4 is 17.8 Å². The highest BCUT2D eigenvalue weighted by atomic mass is 19.1. The Morgan fingerprint density at radius 2 is 1.72 bits per heavy atom. The Labute approximate surface area is 145 Å². The molecule has 0 aliphatic heterocycles. The quantitative estimate of drug-likeness (QED) is 0.600. The molecule has 0 aromatic heterocycles. The highest BCUT2D eigenvalue weighted by molar-refractivity contribution is 6.09. The SMILES string of the molecule is Cc1cc(/C=C(\F)C(=O)c2ccccc2)cc(C)c1OCCC(=O)O. The first kappa shape index (κ1) is 18.4. The molecule has 2 rings (SSSR count). The summed E-state index contributed by atoms with van der Waals surface area (Å²) in [5, 5.41) is 8.66. The summed E-state index contributed by atoms with van der Waals surface area (Å²) in [7, 11) is 0. The molecule has 0 aliphatic rings. The fraction of sp³-hybridized carbons (Fsp3) is 0.200. The third-order valence-corrected chi connectivity index (χ3v) is 3.59. The molecule has 0 saturated carbocycles. The van der Waals surface area contributed by atoms with Crippen LogP contribution in [-0.2, 0) is 4.79 Å². The summed E-state index contributed by atoms with van der Waals surface area (Å²) in [5.74, 6) is -1.87. The van der Waals surface area contributed by atoms with Gasteiger partial charge in [-0.25, -0.2) is 4.39 Å². The van der Waals surface area contributed by atoms with Crippen molar-refractivity contribution in [2.45, 2.75) is 20.3 Å². The molecule has 0 unspecified atom stereocenters. The number of aliphatic carboxylic acids is 1. The first-order chi connectivity index (χ1) is 11.9. The Morgan fingerprint density at radius 3 is 2.28 bits per heavy atom. The van der Waals surface area contributed by atoms with Crippen molar-refractivity contribution < 1.29 is 23.8 Å². The second-order valence-electron chi connectivity index (χ2n) is 5.66. The second-order valence-corrected chi connectivity index (χ2v) is 5.66. The Balaban J connectivity index is 2.20. The van der Waals surface area contributed by atoms with Crippen molar-refractivity contribution in [3.8, 4) is 5.75 Å². The van der Waals surface area contributed by atoms with E-state index in [2.05, 4.69) is 0 Å². The second kappa shape index (κ2) is 8.24. The van der Waals surface area contributed by atoms with E-state index in [0.717, 1.165) is 11.1 Å². The minimum atomic E-state index is -0.934. The maximum atomic E-state index is 14.2. The predicted octanol–water partition coefficient (Wildman–Crippen LogP) is 4.35. The largest absolute Gasteiger partial charge is 0.492 e. The van der Waals surface area contributed by atoms with E-state index in [0.29, 0.717) is 16.9 Å². The van der Waals surface area contributed by atoms with Gasteiger partial charge >= 0.3 is 5.97 Å². The van der Waals surface area contributed by atoms with E-state index < -0.39 is 17.6 Å². The molecule has 25 heavy (non-hydrogen) atoms. The zero-order valence-electron chi connectivity index (χ0n) is 14.1. The molecule has 2 aromatic carbocycles. The van der Waals surface area contributed by atoms with E-state index in [1.54, 1.807) is 56.3 Å². The number of carbonyl (C=O) groups excluding carboxylic acids is 1. The number of halogens is 1. The van der Waals surface area contributed by atoms with E-state index in [1.165, 1.54) is 6.08 Å². The van der Waals surface area contributed by atoms with Gasteiger partial charge in [0.25, 0.3) is 0 Å². The molecule has 0 spiro atoms. The Bertz CT molecular complexity index is 787. The van der Waals surface area contributed by atoms with Gasteiger partial charge in [0.05, 0.1) is 13.0 Å². The van der Waals surface area contributed by atoms with E-state index in [9.17, 15) is 14.0 Å². The molecule has 0 bridgehead atoms. The van der Waals surface area contributed by atoms with E-state index >= 15 is 0 Å². The smallest absolute Gasteiger partial charge is 0.306 e. The van der Waals surface area contributed by atoms with E-state index in [4.69, 9.17) is 9.84 Å². The van der Waals surface area contributed by atoms with Gasteiger partial charge in [-0.3, -0.25) is 9.59 Å². The minimum absolute atomic E-state index is 0.0626. The van der Waals surface area contributed by atoms with Crippen LogP contribution in [-0.4, -0.2) is 23.5 Å². The van der Waals surface area contributed by atoms with Gasteiger partial charge in [0.15, 0.2) is 5.83 Å². The number of benzene rings is 2. The summed E-state index contributed by atoms with van der Waals surface area (Å²) in [5.41, 5.74) is 2.33. The number of rotatable bonds is 7. The van der Waals surface area contributed by atoms with Gasteiger partial charge in [-0.15, -0.1) is 0 Å². The van der Waals surface area contributed by atoms with Crippen LogP contribution in [0.5, 0.6) is 5.75 Å². The highest BCUT2D eigenvalue weighted by Gasteiger charge is 2.13. The maximum absolute atomic E-state index is 14.2. The third kappa shape index (κ3) is 5.01. The lowest BCUT2D eigenvalue weighted by Gasteiger charge is -2.12. The number of carboxylic acid groups (broad SMARTS) is 1. The predicted molar refractivity (Wildman–Crippen MR) is 93.5 cm³/mol. The van der Waals surface area contributed by atoms with Gasteiger partial charge in [0, 0.05) is 5.56 Å². The monoisotopic (exact) mass is 342 g/mol. The van der Waals surface area contributed by atoms with Crippen molar-refractivity contribution in [2.75, 3.05) is 6.61 Å². The molecule has 2 aromatic rings. The molecule has 0 fully saturated rings. The van der Waals surface area contributed by atoms with Crippen LogP contribution in [0, 0.1) is 13.8 Å². The van der Waals surface area contributed by atoms with Gasteiger partial charge in [-0.05, 0) is 48.7 Å². The Kier molecular flexibility index (Phi) is 6.06. The number of ether oxygens (including phenoxy) is 1. The van der Waals surface area contributed by atoms with Crippen LogP contribution in [0.3, 0.4) is 0 Å². The zero-order chi connectivity index (χ0) is 18.4. The van der Waals surface area contributed by atoms with E-state index in [1.807, 2.05) is 0 Å². The summed E-state index contributed by atoms with van der Waals surface area (Å²) < 4.78 is 19.7. The third-order valence-electron chi connectivity index (χ3n) is 3.59. The highest BCUT2D eigenvalue weighted by Crippen LogP contribution is 2.26. The van der Waals surface area contributed by atoms with Crippen LogP contribution in [0.4, 0.5) is 4.39 Å². The van der Waals surface area contributed by atoms with Gasteiger partial charge < -0.3 is 9.84 Å². The van der Waals surface area contributed by atoms with Crippen LogP contribution in [0.1, 0.15) is 33.5 Å². The number of ketones is 1. The molecule has 4 nitrogen and oxygen atoms in total. The molecule has 0 radical (unpaired) electrons. The number of carbonyl (C=O) groups is 2. The van der Waals surface area contributed by atoms with Gasteiger partial charge in [0.2, 0.25) is 5.78 Å². The summed E-state index contributed by atoms with van der Waals surface area (Å²) >= 11 is 0. The number of Topliss-reactive ketones (excluding diaryl/α,β-unsaturated/α-hetero) is 1. The average Bonchev–Trinajstić information content (AvgIpc) is 2.57. The molecule has 130 valence electrons. The molecular weight excluding hydrogens is 323 g/mol. The van der Waals surface area contributed by atoms with Crippen LogP contribution in [0.15, 0.2) is 48.3 Å². The van der Waals surface area contributed by atoms with Crippen molar-refractivity contribution in [2.24, 2.45) is 0 Å². The molecule has 0 aliphatic carbocycles. The van der Waals surface area contributed by atoms with Crippen LogP contribution >= 0.6 is 0 Å². The maximum Gasteiger partial charge on any atom is 0.306 e. The van der Waals surface area contributed by atoms with Gasteiger partial charge in [0.1, 0.15) is 5.75 Å². The number of hydrogen-bond acceptors (Lipinski definition) is 3. The normalized spacial score (nSPS) is 11.2.